The lowest BCUT2D eigenvalue weighted by atomic mass is 9.95. The Balaban J connectivity index is 0.00000100. The summed E-state index contributed by atoms with van der Waals surface area (Å²) in [6.45, 7) is 7.92. The van der Waals surface area contributed by atoms with Crippen molar-refractivity contribution in [2.75, 3.05) is 7.05 Å². The smallest absolute Gasteiger partial charge is 0.135 e. The van der Waals surface area contributed by atoms with Crippen LogP contribution in [0.3, 0.4) is 0 Å². The molecule has 0 saturated carbocycles. The molecule has 124 valence electrons. The summed E-state index contributed by atoms with van der Waals surface area (Å²) in [5, 5.41) is 0. The van der Waals surface area contributed by atoms with Gasteiger partial charge in [0.15, 0.2) is 0 Å². The van der Waals surface area contributed by atoms with Gasteiger partial charge in [-0.1, -0.05) is 62.9 Å². The third-order valence-corrected chi connectivity index (χ3v) is 3.75. The number of halogens is 2. The Hall–Kier alpha value is -2.68. The molecule has 0 spiro atoms. The van der Waals surface area contributed by atoms with Crippen molar-refractivity contribution in [1.29, 1.82) is 0 Å². The quantitative estimate of drug-likeness (QED) is 0.667. The van der Waals surface area contributed by atoms with Crippen molar-refractivity contribution in [3.8, 4) is 0 Å². The molecule has 0 bridgehead atoms. The molecule has 0 fully saturated rings. The number of allylic oxidation sites excluding steroid dienone is 3. The van der Waals surface area contributed by atoms with E-state index in [1.807, 2.05) is 56.3 Å². The van der Waals surface area contributed by atoms with Gasteiger partial charge in [0.05, 0.1) is 11.3 Å². The second kappa shape index (κ2) is 7.73. The van der Waals surface area contributed by atoms with Crippen molar-refractivity contribution in [2.45, 2.75) is 13.8 Å². The molecular formula is C21H21F2N. The second-order valence-corrected chi connectivity index (χ2v) is 5.11. The lowest BCUT2D eigenvalue weighted by Gasteiger charge is -2.29. The van der Waals surface area contributed by atoms with E-state index in [-0.39, 0.29) is 5.56 Å². The highest BCUT2D eigenvalue weighted by atomic mass is 19.1. The molecule has 0 aliphatic carbocycles. The van der Waals surface area contributed by atoms with Gasteiger partial charge < -0.3 is 4.90 Å². The van der Waals surface area contributed by atoms with E-state index in [1.165, 1.54) is 18.2 Å². The number of nitrogens with zero attached hydrogens (tertiary/aromatic N) is 1. The zero-order chi connectivity index (χ0) is 17.7. The van der Waals surface area contributed by atoms with E-state index < -0.39 is 11.6 Å². The highest BCUT2D eigenvalue weighted by Crippen LogP contribution is 2.37. The van der Waals surface area contributed by atoms with Gasteiger partial charge in [-0.3, -0.25) is 0 Å². The first-order valence-corrected chi connectivity index (χ1v) is 7.94. The van der Waals surface area contributed by atoms with Crippen LogP contribution < -0.4 is 0 Å². The van der Waals surface area contributed by atoms with Gasteiger partial charge in [0.1, 0.15) is 11.6 Å². The molecule has 0 N–H and O–H groups in total. The standard InChI is InChI=1S/C19H15F2N.C2H6/c1-13-11-12-15(14-7-4-3-5-8-14)19(22(13)2)18-16(20)9-6-10-17(18)21;1-2/h3-12H,1H2,2H3;1-2H3. The predicted octanol–water partition coefficient (Wildman–Crippen LogP) is 5.87. The number of hydrogen-bond donors (Lipinski definition) is 0. The van der Waals surface area contributed by atoms with Crippen molar-refractivity contribution in [2.24, 2.45) is 0 Å². The van der Waals surface area contributed by atoms with Crippen LogP contribution in [0.25, 0.3) is 11.3 Å². The zero-order valence-electron chi connectivity index (χ0n) is 14.2. The van der Waals surface area contributed by atoms with Gasteiger partial charge in [0.25, 0.3) is 0 Å². The average Bonchev–Trinajstić information content (AvgIpc) is 2.61. The molecule has 0 atom stereocenters. The number of hydrogen-bond acceptors (Lipinski definition) is 1. The summed E-state index contributed by atoms with van der Waals surface area (Å²) < 4.78 is 28.5. The van der Waals surface area contributed by atoms with Crippen molar-refractivity contribution < 1.29 is 8.78 Å². The minimum Gasteiger partial charge on any atom is -0.344 e. The van der Waals surface area contributed by atoms with Gasteiger partial charge >= 0.3 is 0 Å². The predicted molar refractivity (Wildman–Crippen MR) is 97.0 cm³/mol. The molecule has 1 nitrogen and oxygen atoms in total. The molecule has 0 radical (unpaired) electrons. The Morgan fingerprint density at radius 1 is 0.833 bits per heavy atom. The summed E-state index contributed by atoms with van der Waals surface area (Å²) in [5.74, 6) is -1.17. The van der Waals surface area contributed by atoms with E-state index in [1.54, 1.807) is 11.9 Å². The van der Waals surface area contributed by atoms with Crippen LogP contribution in [0.5, 0.6) is 0 Å². The minimum atomic E-state index is -0.585. The topological polar surface area (TPSA) is 3.24 Å². The molecule has 24 heavy (non-hydrogen) atoms. The molecule has 0 saturated heterocycles. The fraction of sp³-hybridized carbons (Fsp3) is 0.143. The summed E-state index contributed by atoms with van der Waals surface area (Å²) in [5.41, 5.74) is 2.79. The third kappa shape index (κ3) is 3.30. The SMILES string of the molecule is C=C1C=CC(c2ccccc2)=C(c2c(F)cccc2F)N1C.CC. The van der Waals surface area contributed by atoms with Crippen LogP contribution in [-0.2, 0) is 0 Å². The van der Waals surface area contributed by atoms with Gasteiger partial charge in [-0.25, -0.2) is 8.78 Å². The fourth-order valence-electron chi connectivity index (χ4n) is 2.57. The van der Waals surface area contributed by atoms with E-state index in [9.17, 15) is 8.78 Å². The van der Waals surface area contributed by atoms with E-state index in [2.05, 4.69) is 6.58 Å². The number of benzene rings is 2. The number of likely N-dealkylation sites (N-methyl/N-ethyl adjacent to an activating group) is 1. The highest BCUT2D eigenvalue weighted by Gasteiger charge is 2.24. The fourth-order valence-corrected chi connectivity index (χ4v) is 2.57. The summed E-state index contributed by atoms with van der Waals surface area (Å²) in [4.78, 5) is 1.71. The van der Waals surface area contributed by atoms with Crippen LogP contribution in [0, 0.1) is 11.6 Å². The van der Waals surface area contributed by atoms with Gasteiger partial charge in [-0.2, -0.15) is 0 Å². The van der Waals surface area contributed by atoms with Gasteiger partial charge in [-0.15, -0.1) is 0 Å². The first-order valence-electron chi connectivity index (χ1n) is 7.94. The molecule has 2 aromatic carbocycles. The highest BCUT2D eigenvalue weighted by molar-refractivity contribution is 5.97. The van der Waals surface area contributed by atoms with Crippen molar-refractivity contribution in [1.82, 2.24) is 4.90 Å². The largest absolute Gasteiger partial charge is 0.344 e. The lowest BCUT2D eigenvalue weighted by molar-refractivity contribution is 0.551. The van der Waals surface area contributed by atoms with Gasteiger partial charge in [0.2, 0.25) is 0 Å². The van der Waals surface area contributed by atoms with Crippen LogP contribution >= 0.6 is 0 Å². The van der Waals surface area contributed by atoms with E-state index in [0.29, 0.717) is 11.4 Å². The van der Waals surface area contributed by atoms with Crippen LogP contribution in [0.2, 0.25) is 0 Å². The maximum Gasteiger partial charge on any atom is 0.135 e. The lowest BCUT2D eigenvalue weighted by Crippen LogP contribution is -2.20. The Labute approximate surface area is 142 Å². The maximum absolute atomic E-state index is 14.3. The molecule has 1 aliphatic rings. The normalized spacial score (nSPS) is 13.7. The van der Waals surface area contributed by atoms with Crippen molar-refractivity contribution in [3.63, 3.8) is 0 Å². The Bertz CT molecular complexity index is 768. The van der Waals surface area contributed by atoms with Crippen LogP contribution in [0.15, 0.2) is 73.0 Å². The molecule has 1 heterocycles. The van der Waals surface area contributed by atoms with Crippen LogP contribution in [0.4, 0.5) is 8.78 Å². The molecule has 2 aromatic rings. The Morgan fingerprint density at radius 3 is 2.00 bits per heavy atom. The molecule has 0 unspecified atom stereocenters. The first kappa shape index (κ1) is 17.7. The molecule has 0 aromatic heterocycles. The Morgan fingerprint density at radius 2 is 1.42 bits per heavy atom. The van der Waals surface area contributed by atoms with Crippen molar-refractivity contribution in [3.05, 3.63) is 95.7 Å². The van der Waals surface area contributed by atoms with E-state index >= 15 is 0 Å². The summed E-state index contributed by atoms with van der Waals surface area (Å²) in [6.07, 6.45) is 3.68. The Kier molecular flexibility index (Phi) is 5.69. The molecular weight excluding hydrogens is 304 g/mol. The minimum absolute atomic E-state index is 0.0330. The van der Waals surface area contributed by atoms with Gasteiger partial charge in [-0.05, 0) is 23.8 Å². The van der Waals surface area contributed by atoms with Crippen molar-refractivity contribution >= 4 is 11.3 Å². The van der Waals surface area contributed by atoms with Crippen LogP contribution in [-0.4, -0.2) is 11.9 Å². The third-order valence-electron chi connectivity index (χ3n) is 3.75. The molecule has 0 amide bonds. The molecule has 1 aliphatic heterocycles. The molecule has 3 heteroatoms. The summed E-state index contributed by atoms with van der Waals surface area (Å²) >= 11 is 0. The van der Waals surface area contributed by atoms with Gasteiger partial charge in [0, 0.05) is 18.3 Å². The average molecular weight is 325 g/mol. The number of rotatable bonds is 2. The first-order chi connectivity index (χ1) is 11.6. The van der Waals surface area contributed by atoms with E-state index in [4.69, 9.17) is 0 Å². The summed E-state index contributed by atoms with van der Waals surface area (Å²) in [7, 11) is 1.76. The van der Waals surface area contributed by atoms with E-state index in [0.717, 1.165) is 11.1 Å². The second-order valence-electron chi connectivity index (χ2n) is 5.11. The monoisotopic (exact) mass is 325 g/mol. The van der Waals surface area contributed by atoms with Crippen LogP contribution in [0.1, 0.15) is 25.0 Å². The summed E-state index contributed by atoms with van der Waals surface area (Å²) in [6, 6.07) is 13.4. The zero-order valence-corrected chi connectivity index (χ0v) is 14.2. The maximum atomic E-state index is 14.3. The molecule has 3 rings (SSSR count).